The first-order valence-corrected chi connectivity index (χ1v) is 7.75. The molecule has 0 spiro atoms. The van der Waals surface area contributed by atoms with Crippen LogP contribution >= 0.6 is 0 Å². The van der Waals surface area contributed by atoms with Crippen LogP contribution in [0.25, 0.3) is 6.08 Å². The molecule has 2 unspecified atom stereocenters. The minimum atomic E-state index is -1.97. The molecule has 0 radical (unpaired) electrons. The number of esters is 2. The van der Waals surface area contributed by atoms with E-state index in [0.717, 1.165) is 6.08 Å². The van der Waals surface area contributed by atoms with Crippen molar-refractivity contribution in [2.24, 2.45) is 0 Å². The van der Waals surface area contributed by atoms with Crippen LogP contribution in [0.4, 0.5) is 0 Å². The number of aliphatic hydroxyl groups excluding tert-OH is 2. The van der Waals surface area contributed by atoms with E-state index in [0.29, 0.717) is 5.56 Å². The Bertz CT molecular complexity index is 702. The van der Waals surface area contributed by atoms with E-state index in [1.54, 1.807) is 0 Å². The number of carbonyl (C=O) groups excluding carboxylic acids is 2. The molecule has 9 nitrogen and oxygen atoms in total. The second-order valence-corrected chi connectivity index (χ2v) is 5.94. The standard InChI is InChI=1S/C17H20O9/c1-25-12(20)6-7-17(24)15(22)14(16(17)23)26-13(21)5-3-9-2-4-10(18)11(19)8-9/h2-5,8,14-16,18-19,22-24H,6-7H2,1H3/b5-3+. The third-order valence-corrected chi connectivity index (χ3v) is 4.27. The summed E-state index contributed by atoms with van der Waals surface area (Å²) in [5, 5.41) is 48.7. The fourth-order valence-electron chi connectivity index (χ4n) is 2.61. The second kappa shape index (κ2) is 7.73. The molecule has 2 rings (SSSR count). The number of rotatable bonds is 6. The van der Waals surface area contributed by atoms with Gasteiger partial charge in [-0.3, -0.25) is 4.79 Å². The summed E-state index contributed by atoms with van der Waals surface area (Å²) in [6, 6.07) is 3.90. The monoisotopic (exact) mass is 368 g/mol. The second-order valence-electron chi connectivity index (χ2n) is 5.94. The highest BCUT2D eigenvalue weighted by atomic mass is 16.6. The van der Waals surface area contributed by atoms with Crippen molar-refractivity contribution in [1.29, 1.82) is 0 Å². The van der Waals surface area contributed by atoms with Crippen molar-refractivity contribution >= 4 is 18.0 Å². The summed E-state index contributed by atoms with van der Waals surface area (Å²) >= 11 is 0. The molecule has 2 atom stereocenters. The summed E-state index contributed by atoms with van der Waals surface area (Å²) in [4.78, 5) is 22.9. The van der Waals surface area contributed by atoms with Crippen molar-refractivity contribution in [1.82, 2.24) is 0 Å². The van der Waals surface area contributed by atoms with Crippen LogP contribution < -0.4 is 0 Å². The lowest BCUT2D eigenvalue weighted by Crippen LogP contribution is -2.74. The van der Waals surface area contributed by atoms with Gasteiger partial charge in [-0.25, -0.2) is 4.79 Å². The smallest absolute Gasteiger partial charge is 0.331 e. The Morgan fingerprint density at radius 3 is 2.42 bits per heavy atom. The molecule has 9 heteroatoms. The average molecular weight is 368 g/mol. The molecule has 0 aromatic heterocycles. The van der Waals surface area contributed by atoms with E-state index in [9.17, 15) is 35.1 Å². The van der Waals surface area contributed by atoms with Crippen LogP contribution in [-0.4, -0.2) is 68.5 Å². The molecule has 142 valence electrons. The number of phenolic OH excluding ortho intramolecular Hbond substituents is 2. The SMILES string of the molecule is COC(=O)CCC1(O)C(O)C(OC(=O)/C=C/c2ccc(O)c(O)c2)C1O. The Kier molecular flexibility index (Phi) is 5.86. The maximum Gasteiger partial charge on any atom is 0.331 e. The molecule has 1 aliphatic carbocycles. The highest BCUT2D eigenvalue weighted by Crippen LogP contribution is 2.39. The zero-order valence-electron chi connectivity index (χ0n) is 13.9. The average Bonchev–Trinajstić information content (AvgIpc) is 2.63. The van der Waals surface area contributed by atoms with E-state index in [2.05, 4.69) is 4.74 Å². The van der Waals surface area contributed by atoms with Crippen LogP contribution in [0.1, 0.15) is 18.4 Å². The molecular formula is C17H20O9. The first-order chi connectivity index (χ1) is 12.2. The Morgan fingerprint density at radius 1 is 1.19 bits per heavy atom. The lowest BCUT2D eigenvalue weighted by molar-refractivity contribution is -0.291. The van der Waals surface area contributed by atoms with Crippen LogP contribution in [0.2, 0.25) is 0 Å². The first-order valence-electron chi connectivity index (χ1n) is 7.75. The predicted octanol–water partition coefficient (Wildman–Crippen LogP) is -0.558. The van der Waals surface area contributed by atoms with Gasteiger partial charge in [-0.15, -0.1) is 0 Å². The summed E-state index contributed by atoms with van der Waals surface area (Å²) in [7, 11) is 1.17. The Balaban J connectivity index is 1.92. The van der Waals surface area contributed by atoms with Crippen LogP contribution in [0.3, 0.4) is 0 Å². The van der Waals surface area contributed by atoms with Gasteiger partial charge in [0.25, 0.3) is 0 Å². The molecule has 1 aromatic carbocycles. The third kappa shape index (κ3) is 3.96. The van der Waals surface area contributed by atoms with Crippen LogP contribution in [-0.2, 0) is 19.1 Å². The lowest BCUT2D eigenvalue weighted by atomic mass is 9.68. The van der Waals surface area contributed by atoms with E-state index in [1.165, 1.54) is 31.4 Å². The van der Waals surface area contributed by atoms with Gasteiger partial charge >= 0.3 is 11.9 Å². The van der Waals surface area contributed by atoms with Gasteiger partial charge in [0.1, 0.15) is 17.8 Å². The molecule has 0 aliphatic heterocycles. The van der Waals surface area contributed by atoms with Crippen LogP contribution in [0.15, 0.2) is 24.3 Å². The number of ether oxygens (including phenoxy) is 2. The maximum atomic E-state index is 11.8. The highest BCUT2D eigenvalue weighted by Gasteiger charge is 2.62. The van der Waals surface area contributed by atoms with Gasteiger partial charge in [-0.2, -0.15) is 0 Å². The normalized spacial score (nSPS) is 27.8. The zero-order valence-corrected chi connectivity index (χ0v) is 13.9. The number of aliphatic hydroxyl groups is 3. The molecular weight excluding hydrogens is 348 g/mol. The molecule has 1 aliphatic rings. The van der Waals surface area contributed by atoms with E-state index in [1.807, 2.05) is 0 Å². The zero-order chi connectivity index (χ0) is 19.5. The molecule has 1 aromatic rings. The number of benzene rings is 1. The van der Waals surface area contributed by atoms with Gasteiger partial charge < -0.3 is 35.0 Å². The Morgan fingerprint density at radius 2 is 1.85 bits per heavy atom. The van der Waals surface area contributed by atoms with Gasteiger partial charge in [0.05, 0.1) is 7.11 Å². The van der Waals surface area contributed by atoms with Crippen molar-refractivity contribution in [3.05, 3.63) is 29.8 Å². The molecule has 0 saturated heterocycles. The lowest BCUT2D eigenvalue weighted by Gasteiger charge is -2.51. The van der Waals surface area contributed by atoms with Gasteiger partial charge in [-0.1, -0.05) is 6.07 Å². The molecule has 0 heterocycles. The largest absolute Gasteiger partial charge is 0.504 e. The minimum absolute atomic E-state index is 0.216. The third-order valence-electron chi connectivity index (χ3n) is 4.27. The summed E-state index contributed by atoms with van der Waals surface area (Å²) in [5.41, 5.74) is -1.56. The minimum Gasteiger partial charge on any atom is -0.504 e. The van der Waals surface area contributed by atoms with E-state index >= 15 is 0 Å². The maximum absolute atomic E-state index is 11.8. The van der Waals surface area contributed by atoms with Gasteiger partial charge in [0.15, 0.2) is 17.6 Å². The quantitative estimate of drug-likeness (QED) is 0.252. The van der Waals surface area contributed by atoms with Crippen molar-refractivity contribution in [2.45, 2.75) is 36.8 Å². The van der Waals surface area contributed by atoms with Gasteiger partial charge in [0, 0.05) is 12.5 Å². The molecule has 26 heavy (non-hydrogen) atoms. The fourth-order valence-corrected chi connectivity index (χ4v) is 2.61. The van der Waals surface area contributed by atoms with Gasteiger partial charge in [0.2, 0.25) is 0 Å². The number of phenols is 2. The van der Waals surface area contributed by atoms with Crippen molar-refractivity contribution in [2.75, 3.05) is 7.11 Å². The van der Waals surface area contributed by atoms with Crippen LogP contribution in [0.5, 0.6) is 11.5 Å². The van der Waals surface area contributed by atoms with E-state index in [-0.39, 0.29) is 24.3 Å². The first kappa shape index (κ1) is 19.7. The number of hydrogen-bond donors (Lipinski definition) is 5. The summed E-state index contributed by atoms with van der Waals surface area (Å²) < 4.78 is 9.33. The highest BCUT2D eigenvalue weighted by molar-refractivity contribution is 5.87. The summed E-state index contributed by atoms with van der Waals surface area (Å²) in [6.07, 6.45) is -2.64. The van der Waals surface area contributed by atoms with Crippen molar-refractivity contribution in [3.8, 4) is 11.5 Å². The number of carbonyl (C=O) groups is 2. The van der Waals surface area contributed by atoms with E-state index < -0.39 is 35.9 Å². The number of hydrogen-bond acceptors (Lipinski definition) is 9. The van der Waals surface area contributed by atoms with Crippen molar-refractivity contribution < 1.29 is 44.6 Å². The topological polar surface area (TPSA) is 154 Å². The van der Waals surface area contributed by atoms with Crippen molar-refractivity contribution in [3.63, 3.8) is 0 Å². The molecule has 5 N–H and O–H groups in total. The summed E-state index contributed by atoms with van der Waals surface area (Å²) in [6.45, 7) is 0. The Labute approximate surface area is 148 Å². The number of aromatic hydroxyl groups is 2. The molecule has 0 amide bonds. The molecule has 1 fully saturated rings. The molecule has 1 saturated carbocycles. The van der Waals surface area contributed by atoms with E-state index in [4.69, 9.17) is 4.74 Å². The Hall–Kier alpha value is -2.62. The fraction of sp³-hybridized carbons (Fsp3) is 0.412. The summed E-state index contributed by atoms with van der Waals surface area (Å²) in [5.74, 6) is -2.17. The molecule has 0 bridgehead atoms. The number of methoxy groups -OCH3 is 1. The predicted molar refractivity (Wildman–Crippen MR) is 86.9 cm³/mol. The van der Waals surface area contributed by atoms with Gasteiger partial charge in [-0.05, 0) is 30.2 Å². The van der Waals surface area contributed by atoms with Crippen LogP contribution in [0, 0.1) is 0 Å².